The minimum absolute atomic E-state index is 0.336. The Balaban J connectivity index is 2.17. The van der Waals surface area contributed by atoms with Gasteiger partial charge in [0.15, 0.2) is 0 Å². The Bertz CT molecular complexity index is 513. The van der Waals surface area contributed by atoms with E-state index >= 15 is 0 Å². The number of ether oxygens (including phenoxy) is 1. The number of pyridine rings is 1. The predicted molar refractivity (Wildman–Crippen MR) is 79.3 cm³/mol. The second kappa shape index (κ2) is 7.22. The van der Waals surface area contributed by atoms with Gasteiger partial charge in [0.25, 0.3) is 0 Å². The molecular weight excluding hydrogens is 236 g/mol. The maximum absolute atomic E-state index is 5.46. The lowest BCUT2D eigenvalue weighted by Crippen LogP contribution is -2.22. The van der Waals surface area contributed by atoms with Gasteiger partial charge in [-0.05, 0) is 37.6 Å². The quantitative estimate of drug-likeness (QED) is 0.774. The number of fused-ring (bicyclic) bond motifs is 1. The van der Waals surface area contributed by atoms with Crippen molar-refractivity contribution in [2.24, 2.45) is 0 Å². The van der Waals surface area contributed by atoms with Gasteiger partial charge in [-0.3, -0.25) is 4.98 Å². The van der Waals surface area contributed by atoms with Crippen LogP contribution in [0.5, 0.6) is 0 Å². The van der Waals surface area contributed by atoms with Gasteiger partial charge in [-0.15, -0.1) is 0 Å². The molecule has 1 heterocycles. The largest absolute Gasteiger partial charge is 0.382 e. The molecule has 1 aromatic carbocycles. The smallest absolute Gasteiger partial charge is 0.0705 e. The molecule has 2 aromatic rings. The number of nitrogens with one attached hydrogen (secondary N) is 1. The lowest BCUT2D eigenvalue weighted by atomic mass is 10.0. The van der Waals surface area contributed by atoms with Crippen molar-refractivity contribution in [3.63, 3.8) is 0 Å². The van der Waals surface area contributed by atoms with Crippen molar-refractivity contribution in [1.82, 2.24) is 10.3 Å². The van der Waals surface area contributed by atoms with Crippen LogP contribution in [0.3, 0.4) is 0 Å². The summed E-state index contributed by atoms with van der Waals surface area (Å²) in [6.45, 7) is 6.68. The van der Waals surface area contributed by atoms with Crippen LogP contribution in [0.15, 0.2) is 36.5 Å². The summed E-state index contributed by atoms with van der Waals surface area (Å²) in [4.78, 5) is 4.42. The molecule has 0 saturated carbocycles. The van der Waals surface area contributed by atoms with Gasteiger partial charge in [0.1, 0.15) is 0 Å². The molecule has 2 rings (SSSR count). The van der Waals surface area contributed by atoms with Crippen LogP contribution < -0.4 is 5.32 Å². The Morgan fingerprint density at radius 3 is 2.95 bits per heavy atom. The fourth-order valence-electron chi connectivity index (χ4n) is 2.28. The van der Waals surface area contributed by atoms with E-state index in [1.54, 1.807) is 0 Å². The van der Waals surface area contributed by atoms with Crippen LogP contribution in [-0.4, -0.2) is 24.7 Å². The zero-order valence-electron chi connectivity index (χ0n) is 11.7. The lowest BCUT2D eigenvalue weighted by Gasteiger charge is -2.18. The molecule has 0 fully saturated rings. The van der Waals surface area contributed by atoms with Crippen molar-refractivity contribution in [1.29, 1.82) is 0 Å². The topological polar surface area (TPSA) is 34.1 Å². The van der Waals surface area contributed by atoms with Crippen molar-refractivity contribution in [3.8, 4) is 0 Å². The molecule has 0 saturated heterocycles. The number of aromatic nitrogens is 1. The normalized spacial score (nSPS) is 12.7. The van der Waals surface area contributed by atoms with Gasteiger partial charge in [0, 0.05) is 30.8 Å². The average molecular weight is 258 g/mol. The van der Waals surface area contributed by atoms with Crippen molar-refractivity contribution >= 4 is 10.9 Å². The van der Waals surface area contributed by atoms with Gasteiger partial charge in [-0.2, -0.15) is 0 Å². The van der Waals surface area contributed by atoms with E-state index in [2.05, 4.69) is 41.5 Å². The first-order valence-corrected chi connectivity index (χ1v) is 7.01. The van der Waals surface area contributed by atoms with E-state index in [-0.39, 0.29) is 0 Å². The molecule has 3 heteroatoms. The summed E-state index contributed by atoms with van der Waals surface area (Å²) in [6.07, 6.45) is 2.83. The van der Waals surface area contributed by atoms with Crippen molar-refractivity contribution in [3.05, 3.63) is 42.1 Å². The van der Waals surface area contributed by atoms with E-state index < -0.39 is 0 Å². The van der Waals surface area contributed by atoms with Gasteiger partial charge in [-0.1, -0.05) is 25.1 Å². The molecule has 1 aromatic heterocycles. The van der Waals surface area contributed by atoms with Gasteiger partial charge in [0.2, 0.25) is 0 Å². The first-order valence-electron chi connectivity index (χ1n) is 7.01. The van der Waals surface area contributed by atoms with Gasteiger partial charge < -0.3 is 10.1 Å². The number of hydrogen-bond donors (Lipinski definition) is 1. The second-order valence-corrected chi connectivity index (χ2v) is 4.55. The third-order valence-corrected chi connectivity index (χ3v) is 3.24. The number of benzene rings is 1. The Morgan fingerprint density at radius 1 is 1.26 bits per heavy atom. The van der Waals surface area contributed by atoms with Crippen molar-refractivity contribution < 1.29 is 4.74 Å². The molecule has 1 unspecified atom stereocenters. The molecule has 0 aliphatic carbocycles. The van der Waals surface area contributed by atoms with Crippen LogP contribution in [-0.2, 0) is 4.74 Å². The SMILES string of the molecule is CCNC(CCOCC)c1ccc2cccnc2c1. The maximum atomic E-state index is 5.46. The molecule has 0 bridgehead atoms. The van der Waals surface area contributed by atoms with Crippen molar-refractivity contribution in [2.45, 2.75) is 26.3 Å². The van der Waals surface area contributed by atoms with Crippen LogP contribution in [0.1, 0.15) is 31.9 Å². The standard InChI is InChI=1S/C16H22N2O/c1-3-17-15(9-11-19-4-2)14-8-7-13-6-5-10-18-16(13)12-14/h5-8,10,12,15,17H,3-4,9,11H2,1-2H3. The van der Waals surface area contributed by atoms with Crippen LogP contribution >= 0.6 is 0 Å². The Kier molecular flexibility index (Phi) is 5.31. The molecular formula is C16H22N2O. The second-order valence-electron chi connectivity index (χ2n) is 4.55. The fraction of sp³-hybridized carbons (Fsp3) is 0.438. The monoisotopic (exact) mass is 258 g/mol. The zero-order valence-corrected chi connectivity index (χ0v) is 11.7. The summed E-state index contributed by atoms with van der Waals surface area (Å²) >= 11 is 0. The van der Waals surface area contributed by atoms with Crippen LogP contribution in [0.2, 0.25) is 0 Å². The number of hydrogen-bond acceptors (Lipinski definition) is 3. The molecule has 0 aliphatic heterocycles. The Morgan fingerprint density at radius 2 is 2.16 bits per heavy atom. The van der Waals surface area contributed by atoms with Gasteiger partial charge in [0.05, 0.1) is 5.52 Å². The van der Waals surface area contributed by atoms with Gasteiger partial charge in [-0.25, -0.2) is 0 Å². The van der Waals surface area contributed by atoms with Crippen LogP contribution in [0, 0.1) is 0 Å². The molecule has 0 aliphatic rings. The van der Waals surface area contributed by atoms with E-state index in [0.29, 0.717) is 6.04 Å². The average Bonchev–Trinajstić information content (AvgIpc) is 2.46. The van der Waals surface area contributed by atoms with Crippen LogP contribution in [0.4, 0.5) is 0 Å². The molecule has 0 amide bonds. The third kappa shape index (κ3) is 3.75. The maximum Gasteiger partial charge on any atom is 0.0705 e. The third-order valence-electron chi connectivity index (χ3n) is 3.24. The molecule has 1 atom stereocenters. The van der Waals surface area contributed by atoms with E-state index in [9.17, 15) is 0 Å². The Hall–Kier alpha value is -1.45. The van der Waals surface area contributed by atoms with E-state index in [0.717, 1.165) is 31.7 Å². The van der Waals surface area contributed by atoms with Gasteiger partial charge >= 0.3 is 0 Å². The highest BCUT2D eigenvalue weighted by molar-refractivity contribution is 5.78. The van der Waals surface area contributed by atoms with E-state index in [4.69, 9.17) is 4.74 Å². The van der Waals surface area contributed by atoms with Crippen molar-refractivity contribution in [2.75, 3.05) is 19.8 Å². The molecule has 3 nitrogen and oxygen atoms in total. The highest BCUT2D eigenvalue weighted by Crippen LogP contribution is 2.21. The molecule has 0 spiro atoms. The van der Waals surface area contributed by atoms with Crippen LogP contribution in [0.25, 0.3) is 10.9 Å². The highest BCUT2D eigenvalue weighted by Gasteiger charge is 2.10. The van der Waals surface area contributed by atoms with E-state index in [1.807, 2.05) is 19.2 Å². The van der Waals surface area contributed by atoms with E-state index in [1.165, 1.54) is 10.9 Å². The summed E-state index contributed by atoms with van der Waals surface area (Å²) < 4.78 is 5.46. The predicted octanol–water partition coefficient (Wildman–Crippen LogP) is 3.31. The summed E-state index contributed by atoms with van der Waals surface area (Å²) in [7, 11) is 0. The zero-order chi connectivity index (χ0) is 13.5. The summed E-state index contributed by atoms with van der Waals surface area (Å²) in [6, 6.07) is 10.9. The first-order chi connectivity index (χ1) is 9.35. The molecule has 102 valence electrons. The Labute approximate surface area is 115 Å². The highest BCUT2D eigenvalue weighted by atomic mass is 16.5. The number of rotatable bonds is 7. The minimum Gasteiger partial charge on any atom is -0.382 e. The fourth-order valence-corrected chi connectivity index (χ4v) is 2.28. The summed E-state index contributed by atoms with van der Waals surface area (Å²) in [5, 5.41) is 4.70. The summed E-state index contributed by atoms with van der Waals surface area (Å²) in [5.74, 6) is 0. The lowest BCUT2D eigenvalue weighted by molar-refractivity contribution is 0.136. The first kappa shape index (κ1) is 14.0. The molecule has 1 N–H and O–H groups in total. The molecule has 0 radical (unpaired) electrons. The minimum atomic E-state index is 0.336. The molecule has 19 heavy (non-hydrogen) atoms. The number of nitrogens with zero attached hydrogens (tertiary/aromatic N) is 1. The summed E-state index contributed by atoms with van der Waals surface area (Å²) in [5.41, 5.74) is 2.34.